The van der Waals surface area contributed by atoms with E-state index >= 15 is 0 Å². The second kappa shape index (κ2) is 8.48. The summed E-state index contributed by atoms with van der Waals surface area (Å²) in [6.07, 6.45) is -0.151. The lowest BCUT2D eigenvalue weighted by Crippen LogP contribution is -2.42. The number of halogens is 1. The molecular formula is C25H23BrN4O2. The highest BCUT2D eigenvalue weighted by Gasteiger charge is 2.29. The third-order valence-electron chi connectivity index (χ3n) is 5.86. The highest BCUT2D eigenvalue weighted by molar-refractivity contribution is 9.10. The van der Waals surface area contributed by atoms with E-state index in [4.69, 9.17) is 9.72 Å². The summed E-state index contributed by atoms with van der Waals surface area (Å²) in [6, 6.07) is 19.9. The van der Waals surface area contributed by atoms with Gasteiger partial charge in [0, 0.05) is 23.6 Å². The van der Waals surface area contributed by atoms with Crippen LogP contribution in [0, 0.1) is 6.92 Å². The molecule has 1 fully saturated rings. The number of carbonyl (C=O) groups is 1. The average Bonchev–Trinajstić information content (AvgIpc) is 3.12. The number of amides is 1. The smallest absolute Gasteiger partial charge is 0.254 e. The van der Waals surface area contributed by atoms with Gasteiger partial charge in [0.15, 0.2) is 5.65 Å². The van der Waals surface area contributed by atoms with Crippen molar-refractivity contribution in [1.82, 2.24) is 19.7 Å². The maximum Gasteiger partial charge on any atom is 0.254 e. The zero-order valence-electron chi connectivity index (χ0n) is 18.0. The fraction of sp³-hybridized carbons (Fsp3) is 0.240. The Balaban J connectivity index is 1.54. The molecule has 5 rings (SSSR count). The van der Waals surface area contributed by atoms with E-state index in [0.29, 0.717) is 30.9 Å². The van der Waals surface area contributed by atoms with Gasteiger partial charge in [-0.05, 0) is 30.7 Å². The van der Waals surface area contributed by atoms with E-state index in [1.165, 1.54) is 0 Å². The third-order valence-corrected chi connectivity index (χ3v) is 6.39. The lowest BCUT2D eigenvalue weighted by atomic mass is 10.0. The number of aryl methyl sites for hydroxylation is 2. The summed E-state index contributed by atoms with van der Waals surface area (Å²) in [4.78, 5) is 20.5. The minimum atomic E-state index is -0.151. The van der Waals surface area contributed by atoms with E-state index in [-0.39, 0.29) is 12.0 Å². The number of nitrogens with zero attached hydrogens (tertiary/aromatic N) is 4. The Hall–Kier alpha value is -3.03. The van der Waals surface area contributed by atoms with E-state index in [1.807, 2.05) is 79.5 Å². The zero-order valence-corrected chi connectivity index (χ0v) is 19.5. The molecule has 1 unspecified atom stereocenters. The van der Waals surface area contributed by atoms with Crippen LogP contribution in [0.4, 0.5) is 0 Å². The minimum absolute atomic E-state index is 0.0175. The van der Waals surface area contributed by atoms with Crippen LogP contribution in [0.15, 0.2) is 65.1 Å². The van der Waals surface area contributed by atoms with Gasteiger partial charge in [0.25, 0.3) is 5.91 Å². The first-order chi connectivity index (χ1) is 15.5. The standard InChI is InChI=1S/C25H23BrN4O2/c1-16-23-20(14-21(17-6-4-3-5-7-17)27-24(23)29(2)28-16)25(31)30-12-13-32-22(15-30)18-8-10-19(26)11-9-18/h3-11,14,22H,12-13,15H2,1-2H3. The van der Waals surface area contributed by atoms with Crippen LogP contribution in [0.3, 0.4) is 0 Å². The number of benzene rings is 2. The molecule has 0 spiro atoms. The van der Waals surface area contributed by atoms with Gasteiger partial charge in [-0.3, -0.25) is 9.48 Å². The van der Waals surface area contributed by atoms with Gasteiger partial charge in [0.1, 0.15) is 6.10 Å². The molecule has 162 valence electrons. The Morgan fingerprint density at radius 3 is 2.62 bits per heavy atom. The maximum absolute atomic E-state index is 13.8. The van der Waals surface area contributed by atoms with Crippen molar-refractivity contribution in [3.05, 3.63) is 82.0 Å². The first-order valence-corrected chi connectivity index (χ1v) is 11.4. The number of rotatable bonds is 3. The van der Waals surface area contributed by atoms with Crippen LogP contribution in [-0.4, -0.2) is 45.3 Å². The van der Waals surface area contributed by atoms with Gasteiger partial charge in [-0.15, -0.1) is 0 Å². The number of hydrogen-bond donors (Lipinski definition) is 0. The van der Waals surface area contributed by atoms with Crippen molar-refractivity contribution in [2.75, 3.05) is 19.7 Å². The lowest BCUT2D eigenvalue weighted by molar-refractivity contribution is -0.0227. The highest BCUT2D eigenvalue weighted by atomic mass is 79.9. The molecule has 0 aliphatic carbocycles. The van der Waals surface area contributed by atoms with Crippen LogP contribution >= 0.6 is 15.9 Å². The molecule has 4 aromatic rings. The number of morpholine rings is 1. The SMILES string of the molecule is Cc1nn(C)c2nc(-c3ccccc3)cc(C(=O)N3CCOC(c4ccc(Br)cc4)C3)c12. The predicted octanol–water partition coefficient (Wildman–Crippen LogP) is 4.92. The van der Waals surface area contributed by atoms with E-state index in [1.54, 1.807) is 4.68 Å². The minimum Gasteiger partial charge on any atom is -0.370 e. The number of hydrogen-bond acceptors (Lipinski definition) is 4. The summed E-state index contributed by atoms with van der Waals surface area (Å²) >= 11 is 3.47. The lowest BCUT2D eigenvalue weighted by Gasteiger charge is -2.33. The van der Waals surface area contributed by atoms with Gasteiger partial charge >= 0.3 is 0 Å². The van der Waals surface area contributed by atoms with Crippen molar-refractivity contribution in [3.63, 3.8) is 0 Å². The van der Waals surface area contributed by atoms with Crippen molar-refractivity contribution in [2.24, 2.45) is 7.05 Å². The summed E-state index contributed by atoms with van der Waals surface area (Å²) in [5, 5.41) is 5.35. The van der Waals surface area contributed by atoms with Crippen molar-refractivity contribution >= 4 is 32.9 Å². The van der Waals surface area contributed by atoms with Crippen molar-refractivity contribution in [3.8, 4) is 11.3 Å². The maximum atomic E-state index is 13.8. The molecule has 0 N–H and O–H groups in total. The summed E-state index contributed by atoms with van der Waals surface area (Å²) in [5.41, 5.74) is 4.95. The third kappa shape index (κ3) is 3.82. The van der Waals surface area contributed by atoms with Crippen molar-refractivity contribution < 1.29 is 9.53 Å². The van der Waals surface area contributed by atoms with Crippen LogP contribution in [0.2, 0.25) is 0 Å². The largest absolute Gasteiger partial charge is 0.370 e. The molecule has 32 heavy (non-hydrogen) atoms. The first kappa shape index (κ1) is 20.8. The fourth-order valence-corrected chi connectivity index (χ4v) is 4.52. The van der Waals surface area contributed by atoms with E-state index < -0.39 is 0 Å². The summed E-state index contributed by atoms with van der Waals surface area (Å²) in [6.45, 7) is 3.48. The van der Waals surface area contributed by atoms with Gasteiger partial charge in [-0.2, -0.15) is 5.10 Å². The number of carbonyl (C=O) groups excluding carboxylic acids is 1. The number of fused-ring (bicyclic) bond motifs is 1. The Labute approximate surface area is 195 Å². The molecule has 2 aromatic heterocycles. The Morgan fingerprint density at radius 1 is 1.12 bits per heavy atom. The highest BCUT2D eigenvalue weighted by Crippen LogP contribution is 2.30. The van der Waals surface area contributed by atoms with E-state index in [0.717, 1.165) is 32.4 Å². The summed E-state index contributed by atoms with van der Waals surface area (Å²) < 4.78 is 8.76. The fourth-order valence-electron chi connectivity index (χ4n) is 4.25. The van der Waals surface area contributed by atoms with Crippen LogP contribution in [0.25, 0.3) is 22.3 Å². The Bertz CT molecular complexity index is 1290. The Kier molecular flexibility index (Phi) is 5.53. The summed E-state index contributed by atoms with van der Waals surface area (Å²) in [5.74, 6) is -0.0175. The van der Waals surface area contributed by atoms with E-state index in [2.05, 4.69) is 21.0 Å². The van der Waals surface area contributed by atoms with Crippen LogP contribution < -0.4 is 0 Å². The molecule has 1 aliphatic heterocycles. The monoisotopic (exact) mass is 490 g/mol. The molecule has 3 heterocycles. The normalized spacial score (nSPS) is 16.5. The number of ether oxygens (including phenoxy) is 1. The zero-order chi connectivity index (χ0) is 22.2. The molecule has 2 aromatic carbocycles. The second-order valence-electron chi connectivity index (χ2n) is 7.99. The topological polar surface area (TPSA) is 60.2 Å². The quantitative estimate of drug-likeness (QED) is 0.408. The van der Waals surface area contributed by atoms with Crippen molar-refractivity contribution in [2.45, 2.75) is 13.0 Å². The second-order valence-corrected chi connectivity index (χ2v) is 8.91. The van der Waals surface area contributed by atoms with Crippen molar-refractivity contribution in [1.29, 1.82) is 0 Å². The van der Waals surface area contributed by atoms with Crippen LogP contribution in [-0.2, 0) is 11.8 Å². The summed E-state index contributed by atoms with van der Waals surface area (Å²) in [7, 11) is 1.86. The molecule has 1 aliphatic rings. The average molecular weight is 491 g/mol. The molecule has 0 radical (unpaired) electrons. The molecule has 0 bridgehead atoms. The molecule has 1 saturated heterocycles. The van der Waals surface area contributed by atoms with Gasteiger partial charge in [-0.1, -0.05) is 58.4 Å². The van der Waals surface area contributed by atoms with Crippen LogP contribution in [0.5, 0.6) is 0 Å². The Morgan fingerprint density at radius 2 is 1.88 bits per heavy atom. The number of aromatic nitrogens is 3. The van der Waals surface area contributed by atoms with Gasteiger partial charge in [0.2, 0.25) is 0 Å². The number of pyridine rings is 1. The van der Waals surface area contributed by atoms with E-state index in [9.17, 15) is 4.79 Å². The molecule has 7 heteroatoms. The van der Waals surface area contributed by atoms with Gasteiger partial charge in [-0.25, -0.2) is 4.98 Å². The molecule has 1 amide bonds. The molecule has 0 saturated carbocycles. The molecule has 6 nitrogen and oxygen atoms in total. The molecular weight excluding hydrogens is 468 g/mol. The van der Waals surface area contributed by atoms with Gasteiger partial charge < -0.3 is 9.64 Å². The first-order valence-electron chi connectivity index (χ1n) is 10.6. The predicted molar refractivity (Wildman–Crippen MR) is 127 cm³/mol. The van der Waals surface area contributed by atoms with Gasteiger partial charge in [0.05, 0.1) is 35.5 Å². The van der Waals surface area contributed by atoms with Crippen LogP contribution in [0.1, 0.15) is 27.7 Å². The molecule has 1 atom stereocenters.